The highest BCUT2D eigenvalue weighted by molar-refractivity contribution is 7.98. The van der Waals surface area contributed by atoms with Crippen LogP contribution in [0.3, 0.4) is 0 Å². The molecule has 1 aliphatic heterocycles. The van der Waals surface area contributed by atoms with E-state index in [0.717, 1.165) is 29.6 Å². The summed E-state index contributed by atoms with van der Waals surface area (Å²) in [7, 11) is 0. The minimum atomic E-state index is 0.870. The molecule has 1 fully saturated rings. The maximum Gasteiger partial charge on any atom is 0.189 e. The fraction of sp³-hybridized carbons (Fsp3) is 0.429. The van der Waals surface area contributed by atoms with Crippen molar-refractivity contribution in [3.8, 4) is 0 Å². The van der Waals surface area contributed by atoms with Crippen LogP contribution in [0.25, 0.3) is 10.9 Å². The molecule has 1 aromatic carbocycles. The Morgan fingerprint density at radius 1 is 1.06 bits per heavy atom. The van der Waals surface area contributed by atoms with Gasteiger partial charge < -0.3 is 4.90 Å². The molecule has 1 aliphatic rings. The summed E-state index contributed by atoms with van der Waals surface area (Å²) in [6, 6.07) is 8.31. The second kappa shape index (κ2) is 5.14. The maximum atomic E-state index is 4.72. The Balaban J connectivity index is 2.12. The number of benzene rings is 1. The summed E-state index contributed by atoms with van der Waals surface area (Å²) in [5.74, 6) is 1.12. The number of piperidine rings is 1. The molecule has 1 saturated heterocycles. The van der Waals surface area contributed by atoms with Crippen molar-refractivity contribution >= 4 is 28.5 Å². The molecule has 0 aliphatic carbocycles. The number of hydrogen-bond acceptors (Lipinski definition) is 4. The van der Waals surface area contributed by atoms with E-state index in [2.05, 4.69) is 28.1 Å². The number of aromatic nitrogens is 2. The van der Waals surface area contributed by atoms with Gasteiger partial charge in [-0.1, -0.05) is 23.9 Å². The summed E-state index contributed by atoms with van der Waals surface area (Å²) in [4.78, 5) is 11.7. The van der Waals surface area contributed by atoms with Crippen molar-refractivity contribution in [1.29, 1.82) is 0 Å². The van der Waals surface area contributed by atoms with Crippen LogP contribution in [-0.4, -0.2) is 29.3 Å². The third kappa shape index (κ3) is 2.17. The zero-order chi connectivity index (χ0) is 12.4. The molecule has 2 aromatic rings. The van der Waals surface area contributed by atoms with Gasteiger partial charge >= 0.3 is 0 Å². The minimum absolute atomic E-state index is 0.870. The first-order valence-electron chi connectivity index (χ1n) is 6.44. The first-order chi connectivity index (χ1) is 8.88. The quantitative estimate of drug-likeness (QED) is 0.611. The lowest BCUT2D eigenvalue weighted by atomic mass is 10.1. The second-order valence-electron chi connectivity index (χ2n) is 4.60. The molecular formula is C14H17N3S. The Hall–Kier alpha value is -1.29. The molecule has 0 atom stereocenters. The van der Waals surface area contributed by atoms with E-state index in [1.54, 1.807) is 11.8 Å². The van der Waals surface area contributed by atoms with Crippen molar-refractivity contribution in [2.45, 2.75) is 24.4 Å². The molecule has 3 rings (SSSR count). The van der Waals surface area contributed by atoms with Gasteiger partial charge in [0, 0.05) is 18.5 Å². The van der Waals surface area contributed by atoms with Crippen molar-refractivity contribution in [2.75, 3.05) is 24.2 Å². The Labute approximate surface area is 112 Å². The first kappa shape index (κ1) is 11.8. The van der Waals surface area contributed by atoms with Gasteiger partial charge in [0.05, 0.1) is 5.52 Å². The van der Waals surface area contributed by atoms with E-state index in [-0.39, 0.29) is 0 Å². The van der Waals surface area contributed by atoms with Gasteiger partial charge in [-0.3, -0.25) is 0 Å². The van der Waals surface area contributed by atoms with Crippen LogP contribution in [0.4, 0.5) is 5.82 Å². The van der Waals surface area contributed by atoms with Crippen molar-refractivity contribution in [3.05, 3.63) is 24.3 Å². The van der Waals surface area contributed by atoms with Gasteiger partial charge in [0.15, 0.2) is 5.16 Å². The molecule has 0 spiro atoms. The number of para-hydroxylation sites is 1. The van der Waals surface area contributed by atoms with E-state index in [0.29, 0.717) is 0 Å². The van der Waals surface area contributed by atoms with Crippen LogP contribution in [0, 0.1) is 0 Å². The first-order valence-corrected chi connectivity index (χ1v) is 7.66. The topological polar surface area (TPSA) is 29.0 Å². The van der Waals surface area contributed by atoms with E-state index in [9.17, 15) is 0 Å². The second-order valence-corrected chi connectivity index (χ2v) is 5.37. The third-order valence-corrected chi connectivity index (χ3v) is 3.95. The Morgan fingerprint density at radius 2 is 1.83 bits per heavy atom. The standard InChI is InChI=1S/C14H17N3S/c1-18-14-15-12-8-4-3-7-11(12)13(16-14)17-9-5-2-6-10-17/h3-4,7-8H,2,5-6,9-10H2,1H3. The monoisotopic (exact) mass is 259 g/mol. The fourth-order valence-electron chi connectivity index (χ4n) is 2.48. The van der Waals surface area contributed by atoms with Crippen molar-refractivity contribution in [1.82, 2.24) is 9.97 Å². The average molecular weight is 259 g/mol. The van der Waals surface area contributed by atoms with Crippen molar-refractivity contribution < 1.29 is 0 Å². The Bertz CT molecular complexity index is 550. The van der Waals surface area contributed by atoms with E-state index in [1.807, 2.05) is 12.3 Å². The lowest BCUT2D eigenvalue weighted by Gasteiger charge is -2.28. The van der Waals surface area contributed by atoms with Crippen molar-refractivity contribution in [2.24, 2.45) is 0 Å². The van der Waals surface area contributed by atoms with Gasteiger partial charge in [-0.05, 0) is 37.7 Å². The highest BCUT2D eigenvalue weighted by Gasteiger charge is 2.16. The molecule has 0 bridgehead atoms. The minimum Gasteiger partial charge on any atom is -0.356 e. The van der Waals surface area contributed by atoms with Gasteiger partial charge in [0.2, 0.25) is 0 Å². The molecule has 2 heterocycles. The SMILES string of the molecule is CSc1nc(N2CCCCC2)c2ccccc2n1. The number of rotatable bonds is 2. The van der Waals surface area contributed by atoms with E-state index in [4.69, 9.17) is 4.98 Å². The molecule has 1 aromatic heterocycles. The van der Waals surface area contributed by atoms with E-state index < -0.39 is 0 Å². The zero-order valence-electron chi connectivity index (χ0n) is 10.6. The van der Waals surface area contributed by atoms with Gasteiger partial charge in [-0.15, -0.1) is 0 Å². The molecule has 3 nitrogen and oxygen atoms in total. The van der Waals surface area contributed by atoms with Gasteiger partial charge in [-0.2, -0.15) is 0 Å². The molecule has 18 heavy (non-hydrogen) atoms. The van der Waals surface area contributed by atoms with Crippen LogP contribution >= 0.6 is 11.8 Å². The largest absolute Gasteiger partial charge is 0.356 e. The molecule has 0 radical (unpaired) electrons. The molecular weight excluding hydrogens is 242 g/mol. The molecule has 94 valence electrons. The summed E-state index contributed by atoms with van der Waals surface area (Å²) in [5.41, 5.74) is 1.05. The van der Waals surface area contributed by atoms with Crippen LogP contribution in [-0.2, 0) is 0 Å². The Morgan fingerprint density at radius 3 is 2.61 bits per heavy atom. The molecule has 0 amide bonds. The summed E-state index contributed by atoms with van der Waals surface area (Å²) in [5, 5.41) is 2.05. The van der Waals surface area contributed by atoms with Gasteiger partial charge in [0.25, 0.3) is 0 Å². The summed E-state index contributed by atoms with van der Waals surface area (Å²) < 4.78 is 0. The summed E-state index contributed by atoms with van der Waals surface area (Å²) in [6.45, 7) is 2.24. The molecule has 0 saturated carbocycles. The highest BCUT2D eigenvalue weighted by Crippen LogP contribution is 2.28. The van der Waals surface area contributed by atoms with Gasteiger partial charge in [-0.25, -0.2) is 9.97 Å². The normalized spacial score (nSPS) is 16.2. The molecule has 0 unspecified atom stereocenters. The Kier molecular flexibility index (Phi) is 3.37. The van der Waals surface area contributed by atoms with Crippen molar-refractivity contribution in [3.63, 3.8) is 0 Å². The lowest BCUT2D eigenvalue weighted by molar-refractivity contribution is 0.573. The number of hydrogen-bond donors (Lipinski definition) is 0. The predicted octanol–water partition coefficient (Wildman–Crippen LogP) is 3.34. The smallest absolute Gasteiger partial charge is 0.189 e. The van der Waals surface area contributed by atoms with Crippen LogP contribution in [0.1, 0.15) is 19.3 Å². The van der Waals surface area contributed by atoms with Crippen LogP contribution in [0.2, 0.25) is 0 Å². The summed E-state index contributed by atoms with van der Waals surface area (Å²) in [6.07, 6.45) is 5.92. The number of fused-ring (bicyclic) bond motifs is 1. The van der Waals surface area contributed by atoms with Crippen LogP contribution in [0.5, 0.6) is 0 Å². The fourth-order valence-corrected chi connectivity index (χ4v) is 2.84. The maximum absolute atomic E-state index is 4.72. The average Bonchev–Trinajstić information content (AvgIpc) is 2.47. The van der Waals surface area contributed by atoms with E-state index in [1.165, 1.54) is 24.6 Å². The number of anilines is 1. The number of thioether (sulfide) groups is 1. The third-order valence-electron chi connectivity index (χ3n) is 3.40. The highest BCUT2D eigenvalue weighted by atomic mass is 32.2. The van der Waals surface area contributed by atoms with Crippen LogP contribution in [0.15, 0.2) is 29.4 Å². The predicted molar refractivity (Wildman–Crippen MR) is 77.4 cm³/mol. The lowest BCUT2D eigenvalue weighted by Crippen LogP contribution is -2.30. The van der Waals surface area contributed by atoms with E-state index >= 15 is 0 Å². The van der Waals surface area contributed by atoms with Crippen LogP contribution < -0.4 is 4.90 Å². The number of nitrogens with zero attached hydrogens (tertiary/aromatic N) is 3. The molecule has 4 heteroatoms. The van der Waals surface area contributed by atoms with Gasteiger partial charge in [0.1, 0.15) is 5.82 Å². The molecule has 0 N–H and O–H groups in total. The summed E-state index contributed by atoms with van der Waals surface area (Å²) >= 11 is 1.61. The zero-order valence-corrected chi connectivity index (χ0v) is 11.4.